The van der Waals surface area contributed by atoms with Crippen LogP contribution >= 0.6 is 0 Å². The van der Waals surface area contributed by atoms with E-state index in [1.165, 1.54) is 12.1 Å². The lowest BCUT2D eigenvalue weighted by atomic mass is 10.0. The molecule has 0 unspecified atom stereocenters. The molecule has 0 spiro atoms. The minimum absolute atomic E-state index is 0.152. The Morgan fingerprint density at radius 2 is 1.71 bits per heavy atom. The molecule has 2 aromatic carbocycles. The third-order valence-electron chi connectivity index (χ3n) is 5.42. The molecule has 4 rings (SSSR count). The molecule has 162 valence electrons. The molecule has 2 heterocycles. The maximum absolute atomic E-state index is 13.5. The molecule has 7 nitrogen and oxygen atoms in total. The summed E-state index contributed by atoms with van der Waals surface area (Å²) in [5.41, 5.74) is 15.0. The molecule has 8 heteroatoms. The average Bonchev–Trinajstić information content (AvgIpc) is 3.14. The van der Waals surface area contributed by atoms with Gasteiger partial charge in [0.1, 0.15) is 17.3 Å². The minimum Gasteiger partial charge on any atom is -0.505 e. The fourth-order valence-corrected chi connectivity index (χ4v) is 3.64. The summed E-state index contributed by atoms with van der Waals surface area (Å²) in [6.45, 7) is 4.40. The number of nitrogens with two attached hydrogens (primary N) is 2. The summed E-state index contributed by atoms with van der Waals surface area (Å²) in [7, 11) is 0. The van der Waals surface area contributed by atoms with E-state index in [9.17, 15) is 9.50 Å². The second kappa shape index (κ2) is 9.20. The molecule has 0 amide bonds. The zero-order valence-corrected chi connectivity index (χ0v) is 17.2. The standard InChI is InChI=1S/C23H26FN5O2/c24-18-8-6-17(7-9-18)21-19(22(30)20(25)16-4-2-1-3-5-16)23(26)29(27-21)11-10-28-12-14-31-15-13-28/h1-9,30H,10-15,25-26H2/b22-20+. The molecule has 5 N–H and O–H groups in total. The van der Waals surface area contributed by atoms with Gasteiger partial charge < -0.3 is 21.3 Å². The van der Waals surface area contributed by atoms with Gasteiger partial charge in [-0.05, 0) is 24.3 Å². The van der Waals surface area contributed by atoms with Crippen LogP contribution in [0.15, 0.2) is 54.6 Å². The van der Waals surface area contributed by atoms with Gasteiger partial charge >= 0.3 is 0 Å². The number of nitrogen functional groups attached to an aromatic ring is 1. The van der Waals surface area contributed by atoms with Gasteiger partial charge in [-0.3, -0.25) is 4.90 Å². The molecule has 0 aliphatic carbocycles. The van der Waals surface area contributed by atoms with Gasteiger partial charge in [0.25, 0.3) is 0 Å². The van der Waals surface area contributed by atoms with Crippen molar-refractivity contribution in [2.24, 2.45) is 5.73 Å². The van der Waals surface area contributed by atoms with Crippen LogP contribution in [-0.4, -0.2) is 52.6 Å². The first-order valence-corrected chi connectivity index (χ1v) is 10.2. The quantitative estimate of drug-likeness (QED) is 0.527. The van der Waals surface area contributed by atoms with Crippen molar-refractivity contribution in [2.45, 2.75) is 6.54 Å². The van der Waals surface area contributed by atoms with Crippen LogP contribution in [0.3, 0.4) is 0 Å². The summed E-state index contributed by atoms with van der Waals surface area (Å²) in [5, 5.41) is 15.7. The molecule has 0 radical (unpaired) electrons. The topological polar surface area (TPSA) is 103 Å². The second-order valence-electron chi connectivity index (χ2n) is 7.42. The van der Waals surface area contributed by atoms with Crippen LogP contribution in [0.4, 0.5) is 10.2 Å². The van der Waals surface area contributed by atoms with E-state index in [-0.39, 0.29) is 17.3 Å². The number of ether oxygens (including phenoxy) is 1. The third kappa shape index (κ3) is 4.55. The molecular formula is C23H26FN5O2. The lowest BCUT2D eigenvalue weighted by Gasteiger charge is -2.26. The normalized spacial score (nSPS) is 15.6. The number of aromatic nitrogens is 2. The second-order valence-corrected chi connectivity index (χ2v) is 7.42. The summed E-state index contributed by atoms with van der Waals surface area (Å²) in [5.74, 6) is -0.196. The van der Waals surface area contributed by atoms with Gasteiger partial charge in [-0.25, -0.2) is 9.07 Å². The highest BCUT2D eigenvalue weighted by molar-refractivity contribution is 5.93. The van der Waals surface area contributed by atoms with E-state index in [4.69, 9.17) is 16.2 Å². The zero-order valence-electron chi connectivity index (χ0n) is 17.2. The first kappa shape index (κ1) is 20.9. The number of rotatable bonds is 6. The zero-order chi connectivity index (χ0) is 21.8. The van der Waals surface area contributed by atoms with Crippen molar-refractivity contribution in [3.05, 3.63) is 71.5 Å². The Morgan fingerprint density at radius 1 is 1.03 bits per heavy atom. The summed E-state index contributed by atoms with van der Waals surface area (Å²) >= 11 is 0. The number of hydrogen-bond acceptors (Lipinski definition) is 6. The van der Waals surface area contributed by atoms with Gasteiger partial charge in [0.15, 0.2) is 5.76 Å². The van der Waals surface area contributed by atoms with Gasteiger partial charge in [0, 0.05) is 30.8 Å². The maximum Gasteiger partial charge on any atom is 0.152 e. The summed E-state index contributed by atoms with van der Waals surface area (Å²) in [4.78, 5) is 2.27. The molecule has 0 bridgehead atoms. The molecule has 3 aromatic rings. The lowest BCUT2D eigenvalue weighted by Crippen LogP contribution is -2.38. The molecule has 1 aliphatic heterocycles. The van der Waals surface area contributed by atoms with Gasteiger partial charge in [-0.15, -0.1) is 0 Å². The number of aliphatic hydroxyl groups is 1. The molecule has 0 atom stereocenters. The number of anilines is 1. The van der Waals surface area contributed by atoms with Crippen molar-refractivity contribution in [3.8, 4) is 11.3 Å². The fraction of sp³-hybridized carbons (Fsp3) is 0.261. The summed E-state index contributed by atoms with van der Waals surface area (Å²) in [6, 6.07) is 15.1. The number of benzene rings is 2. The smallest absolute Gasteiger partial charge is 0.152 e. The van der Waals surface area contributed by atoms with Gasteiger partial charge in [0.2, 0.25) is 0 Å². The van der Waals surface area contributed by atoms with E-state index in [1.807, 2.05) is 30.3 Å². The Morgan fingerprint density at radius 3 is 2.39 bits per heavy atom. The number of nitrogens with zero attached hydrogens (tertiary/aromatic N) is 3. The predicted octanol–water partition coefficient (Wildman–Crippen LogP) is 2.95. The van der Waals surface area contributed by atoms with Crippen LogP contribution in [0.2, 0.25) is 0 Å². The van der Waals surface area contributed by atoms with Crippen molar-refractivity contribution >= 4 is 17.3 Å². The fourth-order valence-electron chi connectivity index (χ4n) is 3.64. The van der Waals surface area contributed by atoms with E-state index in [0.717, 1.165) is 19.6 Å². The van der Waals surface area contributed by atoms with Crippen molar-refractivity contribution in [1.82, 2.24) is 14.7 Å². The maximum atomic E-state index is 13.5. The average molecular weight is 423 g/mol. The molecule has 1 saturated heterocycles. The molecule has 31 heavy (non-hydrogen) atoms. The third-order valence-corrected chi connectivity index (χ3v) is 5.42. The first-order valence-electron chi connectivity index (χ1n) is 10.2. The van der Waals surface area contributed by atoms with E-state index >= 15 is 0 Å². The largest absolute Gasteiger partial charge is 0.505 e. The van der Waals surface area contributed by atoms with Gasteiger partial charge in [-0.1, -0.05) is 30.3 Å². The van der Waals surface area contributed by atoms with Crippen LogP contribution in [0.25, 0.3) is 22.7 Å². The Kier molecular flexibility index (Phi) is 6.20. The van der Waals surface area contributed by atoms with Crippen molar-refractivity contribution in [1.29, 1.82) is 0 Å². The molecular weight excluding hydrogens is 397 g/mol. The molecule has 1 aromatic heterocycles. The number of hydrogen-bond donors (Lipinski definition) is 3. The van der Waals surface area contributed by atoms with Crippen LogP contribution in [0.1, 0.15) is 11.1 Å². The Bertz CT molecular complexity index is 1060. The molecule has 1 aliphatic rings. The van der Waals surface area contributed by atoms with Crippen LogP contribution < -0.4 is 11.5 Å². The summed E-state index contributed by atoms with van der Waals surface area (Å²) in [6.07, 6.45) is 0. The van der Waals surface area contributed by atoms with E-state index in [1.54, 1.807) is 16.8 Å². The minimum atomic E-state index is -0.353. The van der Waals surface area contributed by atoms with E-state index in [2.05, 4.69) is 10.00 Å². The Labute approximate surface area is 180 Å². The highest BCUT2D eigenvalue weighted by Crippen LogP contribution is 2.34. The van der Waals surface area contributed by atoms with Crippen LogP contribution in [0, 0.1) is 5.82 Å². The predicted molar refractivity (Wildman–Crippen MR) is 119 cm³/mol. The highest BCUT2D eigenvalue weighted by atomic mass is 19.1. The van der Waals surface area contributed by atoms with Crippen molar-refractivity contribution < 1.29 is 14.2 Å². The van der Waals surface area contributed by atoms with Gasteiger partial charge in [-0.2, -0.15) is 5.10 Å². The Hall–Kier alpha value is -3.36. The number of morpholine rings is 1. The molecule has 0 saturated carbocycles. The highest BCUT2D eigenvalue weighted by Gasteiger charge is 2.23. The molecule has 1 fully saturated rings. The van der Waals surface area contributed by atoms with E-state index in [0.29, 0.717) is 48.0 Å². The number of aliphatic hydroxyl groups excluding tert-OH is 1. The summed E-state index contributed by atoms with van der Waals surface area (Å²) < 4.78 is 20.5. The lowest BCUT2D eigenvalue weighted by molar-refractivity contribution is 0.0360. The Balaban J connectivity index is 1.74. The monoisotopic (exact) mass is 423 g/mol. The SMILES string of the molecule is N/C(=C(/O)c1c(-c2ccc(F)cc2)nn(CCN2CCOCC2)c1N)c1ccccc1. The van der Waals surface area contributed by atoms with Gasteiger partial charge in [0.05, 0.1) is 31.0 Å². The van der Waals surface area contributed by atoms with Crippen molar-refractivity contribution in [3.63, 3.8) is 0 Å². The number of halogens is 1. The van der Waals surface area contributed by atoms with Crippen LogP contribution in [0.5, 0.6) is 0 Å². The first-order chi connectivity index (χ1) is 15.0. The van der Waals surface area contributed by atoms with Crippen LogP contribution in [-0.2, 0) is 11.3 Å². The van der Waals surface area contributed by atoms with E-state index < -0.39 is 0 Å². The van der Waals surface area contributed by atoms with Crippen molar-refractivity contribution in [2.75, 3.05) is 38.6 Å².